The number of benzene rings is 1. The van der Waals surface area contributed by atoms with Crippen LogP contribution in [0.4, 0.5) is 5.69 Å². The Balaban J connectivity index is 2.79. The second kappa shape index (κ2) is 3.19. The summed E-state index contributed by atoms with van der Waals surface area (Å²) in [5.74, 6) is -0.0319. The summed E-state index contributed by atoms with van der Waals surface area (Å²) in [5.41, 5.74) is 2.01. The fraction of sp³-hybridized carbons (Fsp3) is 0.222. The third-order valence-electron chi connectivity index (χ3n) is 1.34. The zero-order valence-corrected chi connectivity index (χ0v) is 6.72. The molecule has 1 rings (SSSR count). The first-order chi connectivity index (χ1) is 5.18. The van der Waals surface area contributed by atoms with Crippen LogP contribution in [0.25, 0.3) is 0 Å². The highest BCUT2D eigenvalue weighted by Gasteiger charge is 1.93. The number of hydrogen-bond acceptors (Lipinski definition) is 1. The maximum Gasteiger partial charge on any atom is 0.221 e. The topological polar surface area (TPSA) is 29.1 Å². The van der Waals surface area contributed by atoms with Crippen molar-refractivity contribution >= 4 is 11.6 Å². The Morgan fingerprint density at radius 2 is 2.18 bits per heavy atom. The number of nitrogens with one attached hydrogen (secondary N) is 1. The zero-order chi connectivity index (χ0) is 8.27. The van der Waals surface area contributed by atoms with Gasteiger partial charge in [0.1, 0.15) is 0 Å². The smallest absolute Gasteiger partial charge is 0.221 e. The van der Waals surface area contributed by atoms with Crippen LogP contribution in [0.1, 0.15) is 12.5 Å². The van der Waals surface area contributed by atoms with Crippen LogP contribution in [-0.2, 0) is 4.79 Å². The Bertz CT molecular complexity index is 268. The first kappa shape index (κ1) is 7.79. The van der Waals surface area contributed by atoms with Crippen molar-refractivity contribution in [3.8, 4) is 0 Å². The van der Waals surface area contributed by atoms with Gasteiger partial charge in [-0.15, -0.1) is 0 Å². The largest absolute Gasteiger partial charge is 0.326 e. The van der Waals surface area contributed by atoms with Gasteiger partial charge < -0.3 is 5.32 Å². The van der Waals surface area contributed by atoms with Gasteiger partial charge in [0.2, 0.25) is 5.91 Å². The minimum Gasteiger partial charge on any atom is -0.326 e. The van der Waals surface area contributed by atoms with Crippen LogP contribution >= 0.6 is 0 Å². The van der Waals surface area contributed by atoms with Crippen LogP contribution in [0.5, 0.6) is 0 Å². The van der Waals surface area contributed by atoms with Gasteiger partial charge in [-0.3, -0.25) is 4.79 Å². The van der Waals surface area contributed by atoms with E-state index in [9.17, 15) is 4.79 Å². The van der Waals surface area contributed by atoms with Gasteiger partial charge in [0.05, 0.1) is 0 Å². The van der Waals surface area contributed by atoms with E-state index in [0.29, 0.717) is 0 Å². The standard InChI is InChI=1S/C9H11NO/c1-7-4-3-5-9(6-7)10-8(2)11/h3-6H,1-2H3,(H,10,11)/i3+2,4+2,5+2,6+2,7+2,9+2. The number of amides is 1. The van der Waals surface area contributed by atoms with E-state index in [1.807, 2.05) is 31.2 Å². The lowest BCUT2D eigenvalue weighted by molar-refractivity contribution is -0.114. The molecule has 2 nitrogen and oxygen atoms in total. The normalized spacial score (nSPS) is 9.27. The van der Waals surface area contributed by atoms with Crippen LogP contribution in [0, 0.1) is 6.92 Å². The first-order valence-electron chi connectivity index (χ1n) is 3.53. The molecule has 0 atom stereocenters. The second-order valence-corrected chi connectivity index (χ2v) is 2.55. The summed E-state index contributed by atoms with van der Waals surface area (Å²) in [5, 5.41) is 2.71. The van der Waals surface area contributed by atoms with Gasteiger partial charge in [0.25, 0.3) is 0 Å². The third-order valence-corrected chi connectivity index (χ3v) is 1.34. The van der Waals surface area contributed by atoms with Crippen molar-refractivity contribution in [3.05, 3.63) is 29.8 Å². The molecule has 11 heavy (non-hydrogen) atoms. The molecule has 1 aromatic carbocycles. The number of rotatable bonds is 1. The van der Waals surface area contributed by atoms with E-state index >= 15 is 0 Å². The van der Waals surface area contributed by atoms with E-state index in [1.54, 1.807) is 0 Å². The van der Waals surface area contributed by atoms with Crippen LogP contribution in [0.2, 0.25) is 0 Å². The molecule has 0 aliphatic rings. The van der Waals surface area contributed by atoms with Crippen molar-refractivity contribution in [1.29, 1.82) is 0 Å². The summed E-state index contributed by atoms with van der Waals surface area (Å²) in [4.78, 5) is 10.6. The van der Waals surface area contributed by atoms with Gasteiger partial charge in [0.15, 0.2) is 0 Å². The lowest BCUT2D eigenvalue weighted by Crippen LogP contribution is -2.05. The Kier molecular flexibility index (Phi) is 2.26. The SMILES string of the molecule is CC(=O)N[14c]1[14cH][14cH][14cH][14c](C)[14cH]1. The average Bonchev–Trinajstić information content (AvgIpc) is 1.85. The van der Waals surface area contributed by atoms with Crippen molar-refractivity contribution < 1.29 is 4.79 Å². The van der Waals surface area contributed by atoms with Crippen molar-refractivity contribution in [2.75, 3.05) is 5.32 Å². The van der Waals surface area contributed by atoms with Crippen LogP contribution in [0.15, 0.2) is 24.3 Å². The van der Waals surface area contributed by atoms with E-state index in [-0.39, 0.29) is 5.91 Å². The quantitative estimate of drug-likeness (QED) is 0.670. The molecule has 0 aliphatic heterocycles. The Hall–Kier alpha value is -1.31. The van der Waals surface area contributed by atoms with E-state index in [2.05, 4.69) is 5.32 Å². The maximum atomic E-state index is 10.6. The predicted molar refractivity (Wildman–Crippen MR) is 45.5 cm³/mol. The number of aryl methyl sites for hydroxylation is 1. The van der Waals surface area contributed by atoms with E-state index in [1.165, 1.54) is 6.92 Å². The lowest BCUT2D eigenvalue weighted by atomic mass is 10.8. The number of carbonyl (C=O) groups is 1. The summed E-state index contributed by atoms with van der Waals surface area (Å²) in [7, 11) is 0. The molecule has 0 aromatic heterocycles. The Labute approximate surface area is 66.2 Å². The zero-order valence-electron chi connectivity index (χ0n) is 6.72. The highest BCUT2D eigenvalue weighted by atomic mass is 16.2. The molecule has 1 amide bonds. The summed E-state index contributed by atoms with van der Waals surface area (Å²) in [6, 6.07) is 7.71. The average molecular weight is 161 g/mol. The molecule has 0 spiro atoms. The van der Waals surface area contributed by atoms with E-state index in [4.69, 9.17) is 0 Å². The van der Waals surface area contributed by atoms with Gasteiger partial charge in [-0.2, -0.15) is 0 Å². The molecule has 0 radical (unpaired) electrons. The molecular formula is C9H11NO. The molecule has 1 N–H and O–H groups in total. The lowest BCUT2D eigenvalue weighted by Gasteiger charge is -2.01. The highest BCUT2D eigenvalue weighted by Crippen LogP contribution is 2.08. The fourth-order valence-corrected chi connectivity index (χ4v) is 0.926. The summed E-state index contributed by atoms with van der Waals surface area (Å²) in [6.07, 6.45) is 0. The molecule has 2 heteroatoms. The Morgan fingerprint density at radius 1 is 1.45 bits per heavy atom. The monoisotopic (exact) mass is 161 g/mol. The Morgan fingerprint density at radius 3 is 2.73 bits per heavy atom. The molecule has 0 bridgehead atoms. The van der Waals surface area contributed by atoms with Gasteiger partial charge in [-0.25, -0.2) is 0 Å². The molecule has 0 fully saturated rings. The molecular weight excluding hydrogens is 150 g/mol. The number of anilines is 1. The van der Waals surface area contributed by atoms with Gasteiger partial charge in [0, 0.05) is 12.6 Å². The van der Waals surface area contributed by atoms with Crippen molar-refractivity contribution in [2.24, 2.45) is 0 Å². The fourth-order valence-electron chi connectivity index (χ4n) is 0.926. The summed E-state index contributed by atoms with van der Waals surface area (Å²) in [6.45, 7) is 3.49. The number of hydrogen-bond donors (Lipinski definition) is 1. The molecule has 0 saturated carbocycles. The molecule has 0 unspecified atom stereocenters. The predicted octanol–water partition coefficient (Wildman–Crippen LogP) is 1.95. The van der Waals surface area contributed by atoms with Crippen LogP contribution < -0.4 is 5.32 Å². The maximum absolute atomic E-state index is 10.6. The third kappa shape index (κ3) is 2.42. The van der Waals surface area contributed by atoms with Crippen LogP contribution in [0.3, 0.4) is 0 Å². The van der Waals surface area contributed by atoms with Gasteiger partial charge >= 0.3 is 0 Å². The minimum absolute atomic E-state index is 0.0319. The first-order valence-corrected chi connectivity index (χ1v) is 3.53. The van der Waals surface area contributed by atoms with Gasteiger partial charge in [-0.05, 0) is 24.6 Å². The van der Waals surface area contributed by atoms with Gasteiger partial charge in [-0.1, -0.05) is 12.1 Å². The van der Waals surface area contributed by atoms with Crippen molar-refractivity contribution in [3.63, 3.8) is 0 Å². The van der Waals surface area contributed by atoms with Crippen molar-refractivity contribution in [1.82, 2.24) is 0 Å². The number of carbonyl (C=O) groups excluding carboxylic acids is 1. The minimum atomic E-state index is -0.0319. The van der Waals surface area contributed by atoms with E-state index in [0.717, 1.165) is 11.3 Å². The molecule has 1 aromatic rings. The second-order valence-electron chi connectivity index (χ2n) is 2.55. The summed E-state index contributed by atoms with van der Waals surface area (Å²) < 4.78 is 0. The molecule has 58 valence electrons. The van der Waals surface area contributed by atoms with Crippen LogP contribution in [-0.4, -0.2) is 5.91 Å². The summed E-state index contributed by atoms with van der Waals surface area (Å²) >= 11 is 0. The van der Waals surface area contributed by atoms with E-state index < -0.39 is 0 Å². The van der Waals surface area contributed by atoms with Crippen molar-refractivity contribution in [2.45, 2.75) is 13.8 Å². The highest BCUT2D eigenvalue weighted by molar-refractivity contribution is 5.88. The molecule has 0 aliphatic carbocycles. The molecule has 0 saturated heterocycles. The molecule has 0 heterocycles.